The van der Waals surface area contributed by atoms with E-state index in [1.807, 2.05) is 13.8 Å². The molecule has 1 unspecified atom stereocenters. The van der Waals surface area contributed by atoms with Crippen LogP contribution in [0.25, 0.3) is 0 Å². The zero-order chi connectivity index (χ0) is 10.0. The van der Waals surface area contributed by atoms with Gasteiger partial charge in [-0.1, -0.05) is 35.8 Å². The molecule has 1 aromatic rings. The number of halogens is 3. The third kappa shape index (κ3) is 2.50. The Morgan fingerprint density at radius 2 is 1.77 bits per heavy atom. The number of benzene rings is 1. The van der Waals surface area contributed by atoms with Gasteiger partial charge in [-0.2, -0.15) is 0 Å². The van der Waals surface area contributed by atoms with E-state index in [9.17, 15) is 8.78 Å². The van der Waals surface area contributed by atoms with E-state index in [-0.39, 0.29) is 4.83 Å². The second-order valence-electron chi connectivity index (χ2n) is 3.32. The Balaban J connectivity index is 2.97. The van der Waals surface area contributed by atoms with Gasteiger partial charge in [-0.05, 0) is 23.6 Å². The average molecular weight is 249 g/mol. The molecule has 0 saturated heterocycles. The van der Waals surface area contributed by atoms with Crippen molar-refractivity contribution in [3.63, 3.8) is 0 Å². The highest BCUT2D eigenvalue weighted by atomic mass is 79.9. The number of alkyl halides is 1. The first-order chi connectivity index (χ1) is 6.02. The van der Waals surface area contributed by atoms with Crippen LogP contribution < -0.4 is 0 Å². The van der Waals surface area contributed by atoms with Crippen molar-refractivity contribution in [3.05, 3.63) is 35.4 Å². The molecule has 1 atom stereocenters. The fourth-order valence-electron chi connectivity index (χ4n) is 1.07. The molecule has 72 valence electrons. The number of rotatable bonds is 2. The van der Waals surface area contributed by atoms with Gasteiger partial charge in [0.25, 0.3) is 0 Å². The minimum absolute atomic E-state index is 0.0719. The van der Waals surface area contributed by atoms with Gasteiger partial charge in [-0.25, -0.2) is 8.78 Å². The van der Waals surface area contributed by atoms with Gasteiger partial charge in [-0.3, -0.25) is 0 Å². The maximum absolute atomic E-state index is 12.8. The van der Waals surface area contributed by atoms with Crippen molar-refractivity contribution in [1.29, 1.82) is 0 Å². The van der Waals surface area contributed by atoms with E-state index in [2.05, 4.69) is 15.9 Å². The lowest BCUT2D eigenvalue weighted by atomic mass is 10.0. The van der Waals surface area contributed by atoms with Crippen molar-refractivity contribution >= 4 is 15.9 Å². The van der Waals surface area contributed by atoms with Crippen LogP contribution in [-0.2, 0) is 0 Å². The van der Waals surface area contributed by atoms with Crippen LogP contribution in [0.1, 0.15) is 24.2 Å². The van der Waals surface area contributed by atoms with E-state index in [4.69, 9.17) is 0 Å². The third-order valence-corrected chi connectivity index (χ3v) is 3.43. The van der Waals surface area contributed by atoms with Crippen molar-refractivity contribution in [2.45, 2.75) is 18.7 Å². The van der Waals surface area contributed by atoms with Crippen molar-refractivity contribution in [2.75, 3.05) is 0 Å². The van der Waals surface area contributed by atoms with Crippen LogP contribution in [0.3, 0.4) is 0 Å². The molecule has 0 aliphatic carbocycles. The summed E-state index contributed by atoms with van der Waals surface area (Å²) in [5.41, 5.74) is 0.772. The molecular weight excluding hydrogens is 238 g/mol. The molecule has 0 aromatic heterocycles. The van der Waals surface area contributed by atoms with Crippen LogP contribution in [0.15, 0.2) is 18.2 Å². The van der Waals surface area contributed by atoms with Gasteiger partial charge in [0.2, 0.25) is 0 Å². The summed E-state index contributed by atoms with van der Waals surface area (Å²) in [4.78, 5) is 0.0719. The first kappa shape index (κ1) is 10.6. The molecule has 13 heavy (non-hydrogen) atoms. The summed E-state index contributed by atoms with van der Waals surface area (Å²) in [5.74, 6) is -1.24. The summed E-state index contributed by atoms with van der Waals surface area (Å²) in [6.07, 6.45) is 0. The maximum Gasteiger partial charge on any atom is 0.159 e. The highest BCUT2D eigenvalue weighted by Crippen LogP contribution is 2.30. The maximum atomic E-state index is 12.8. The highest BCUT2D eigenvalue weighted by Gasteiger charge is 2.13. The summed E-state index contributed by atoms with van der Waals surface area (Å²) in [6.45, 7) is 4.03. The minimum Gasteiger partial charge on any atom is -0.204 e. The Kier molecular flexibility index (Phi) is 3.42. The van der Waals surface area contributed by atoms with Crippen LogP contribution in [0.4, 0.5) is 8.78 Å². The van der Waals surface area contributed by atoms with Crippen molar-refractivity contribution < 1.29 is 8.78 Å². The lowest BCUT2D eigenvalue weighted by Gasteiger charge is -2.13. The van der Waals surface area contributed by atoms with Crippen LogP contribution in [0, 0.1) is 17.6 Å². The molecule has 0 fully saturated rings. The molecule has 0 saturated carbocycles. The van der Waals surface area contributed by atoms with Crippen LogP contribution in [0.2, 0.25) is 0 Å². The van der Waals surface area contributed by atoms with Gasteiger partial charge in [0.1, 0.15) is 0 Å². The van der Waals surface area contributed by atoms with E-state index in [1.165, 1.54) is 6.07 Å². The summed E-state index contributed by atoms with van der Waals surface area (Å²) >= 11 is 3.42. The van der Waals surface area contributed by atoms with Crippen LogP contribution in [-0.4, -0.2) is 0 Å². The molecule has 3 heteroatoms. The van der Waals surface area contributed by atoms with Crippen LogP contribution >= 0.6 is 15.9 Å². The molecular formula is C10H11BrF2. The van der Waals surface area contributed by atoms with Crippen molar-refractivity contribution in [2.24, 2.45) is 5.92 Å². The summed E-state index contributed by atoms with van der Waals surface area (Å²) in [7, 11) is 0. The van der Waals surface area contributed by atoms with Gasteiger partial charge in [-0.15, -0.1) is 0 Å². The monoisotopic (exact) mass is 248 g/mol. The molecule has 0 amide bonds. The topological polar surface area (TPSA) is 0 Å². The third-order valence-electron chi connectivity index (χ3n) is 1.85. The van der Waals surface area contributed by atoms with Gasteiger partial charge >= 0.3 is 0 Å². The summed E-state index contributed by atoms with van der Waals surface area (Å²) in [5, 5.41) is 0. The molecule has 0 heterocycles. The predicted octanol–water partition coefficient (Wildman–Crippen LogP) is 4.06. The van der Waals surface area contributed by atoms with Gasteiger partial charge in [0.05, 0.1) is 0 Å². The molecule has 1 aromatic carbocycles. The Hall–Kier alpha value is -0.440. The fourth-order valence-corrected chi connectivity index (χ4v) is 1.35. The summed E-state index contributed by atoms with van der Waals surface area (Å²) < 4.78 is 25.4. The molecule has 0 aliphatic rings. The zero-order valence-electron chi connectivity index (χ0n) is 7.52. The van der Waals surface area contributed by atoms with E-state index in [1.54, 1.807) is 6.07 Å². The smallest absolute Gasteiger partial charge is 0.159 e. The molecule has 0 nitrogen and oxygen atoms in total. The minimum atomic E-state index is -0.799. The molecule has 0 radical (unpaired) electrons. The lowest BCUT2D eigenvalue weighted by molar-refractivity contribution is 0.505. The molecule has 0 aliphatic heterocycles. The standard InChI is InChI=1S/C10H11BrF2/c1-6(2)10(11)7-3-4-8(12)9(13)5-7/h3-6,10H,1-2H3. The first-order valence-electron chi connectivity index (χ1n) is 4.11. The summed E-state index contributed by atoms with van der Waals surface area (Å²) in [6, 6.07) is 3.98. The van der Waals surface area contributed by atoms with Crippen molar-refractivity contribution in [3.8, 4) is 0 Å². The van der Waals surface area contributed by atoms with E-state index >= 15 is 0 Å². The van der Waals surface area contributed by atoms with Gasteiger partial charge < -0.3 is 0 Å². The van der Waals surface area contributed by atoms with Gasteiger partial charge in [0.15, 0.2) is 11.6 Å². The number of hydrogen-bond acceptors (Lipinski definition) is 0. The largest absolute Gasteiger partial charge is 0.204 e. The number of hydrogen-bond donors (Lipinski definition) is 0. The fraction of sp³-hybridized carbons (Fsp3) is 0.400. The second-order valence-corrected chi connectivity index (χ2v) is 4.31. The molecule has 0 spiro atoms. The molecule has 1 rings (SSSR count). The normalized spacial score (nSPS) is 13.4. The highest BCUT2D eigenvalue weighted by molar-refractivity contribution is 9.09. The second kappa shape index (κ2) is 4.18. The van der Waals surface area contributed by atoms with E-state index in [0.717, 1.165) is 11.6 Å². The Bertz CT molecular complexity index is 297. The van der Waals surface area contributed by atoms with E-state index < -0.39 is 11.6 Å². The van der Waals surface area contributed by atoms with E-state index in [0.29, 0.717) is 5.92 Å². The van der Waals surface area contributed by atoms with Crippen molar-refractivity contribution in [1.82, 2.24) is 0 Å². The Morgan fingerprint density at radius 1 is 1.15 bits per heavy atom. The lowest BCUT2D eigenvalue weighted by Crippen LogP contribution is -1.99. The molecule has 0 N–H and O–H groups in total. The van der Waals surface area contributed by atoms with Gasteiger partial charge in [0, 0.05) is 4.83 Å². The zero-order valence-corrected chi connectivity index (χ0v) is 9.11. The SMILES string of the molecule is CC(C)C(Br)c1ccc(F)c(F)c1. The Labute approximate surface area is 85.1 Å². The molecule has 0 bridgehead atoms. The average Bonchev–Trinajstić information content (AvgIpc) is 2.08. The Morgan fingerprint density at radius 3 is 2.23 bits per heavy atom. The quantitative estimate of drug-likeness (QED) is 0.693. The first-order valence-corrected chi connectivity index (χ1v) is 5.03. The predicted molar refractivity (Wildman–Crippen MR) is 52.9 cm³/mol. The van der Waals surface area contributed by atoms with Crippen LogP contribution in [0.5, 0.6) is 0 Å².